The number of aromatic nitrogens is 2. The second kappa shape index (κ2) is 6.49. The van der Waals surface area contributed by atoms with Crippen molar-refractivity contribution in [1.29, 1.82) is 0 Å². The highest BCUT2D eigenvalue weighted by Gasteiger charge is 2.15. The third-order valence-corrected chi connectivity index (χ3v) is 3.42. The summed E-state index contributed by atoms with van der Waals surface area (Å²) in [4.78, 5) is 16.2. The molecule has 0 aliphatic carbocycles. The zero-order valence-corrected chi connectivity index (χ0v) is 12.3. The predicted octanol–water partition coefficient (Wildman–Crippen LogP) is 1.79. The molecule has 1 aromatic carbocycles. The minimum absolute atomic E-state index is 0.00888. The second-order valence-electron chi connectivity index (χ2n) is 5.15. The number of carbonyl (C=O) groups is 1. The van der Waals surface area contributed by atoms with Crippen LogP contribution in [0.2, 0.25) is 0 Å². The minimum atomic E-state index is -0.170. The van der Waals surface area contributed by atoms with Crippen LogP contribution in [0, 0.1) is 12.8 Å². The molecule has 0 aliphatic rings. The average Bonchev–Trinajstić information content (AvgIpc) is 2.93. The SMILES string of the molecule is Cc1noc(-c2ccc(C(=O)NC(C)C(C)CO)cc2)n1. The molecule has 2 atom stereocenters. The van der Waals surface area contributed by atoms with Gasteiger partial charge in [0.05, 0.1) is 0 Å². The van der Waals surface area contributed by atoms with Crippen LogP contribution < -0.4 is 5.32 Å². The van der Waals surface area contributed by atoms with Crippen LogP contribution in [0.15, 0.2) is 28.8 Å². The molecule has 0 saturated carbocycles. The first-order valence-corrected chi connectivity index (χ1v) is 6.83. The number of aliphatic hydroxyl groups excluding tert-OH is 1. The molecule has 1 amide bonds. The summed E-state index contributed by atoms with van der Waals surface area (Å²) >= 11 is 0. The normalized spacial score (nSPS) is 13.7. The van der Waals surface area contributed by atoms with Crippen molar-refractivity contribution < 1.29 is 14.4 Å². The van der Waals surface area contributed by atoms with Gasteiger partial charge in [0, 0.05) is 23.8 Å². The van der Waals surface area contributed by atoms with E-state index in [9.17, 15) is 4.79 Å². The molecule has 2 rings (SSSR count). The summed E-state index contributed by atoms with van der Waals surface area (Å²) in [7, 11) is 0. The van der Waals surface area contributed by atoms with Crippen LogP contribution in [-0.4, -0.2) is 33.8 Å². The maximum atomic E-state index is 12.1. The maximum absolute atomic E-state index is 12.1. The van der Waals surface area contributed by atoms with Crippen LogP contribution in [0.4, 0.5) is 0 Å². The number of carbonyl (C=O) groups excluding carboxylic acids is 1. The molecule has 112 valence electrons. The third-order valence-electron chi connectivity index (χ3n) is 3.42. The van der Waals surface area contributed by atoms with Crippen LogP contribution in [0.5, 0.6) is 0 Å². The van der Waals surface area contributed by atoms with Crippen molar-refractivity contribution in [1.82, 2.24) is 15.5 Å². The monoisotopic (exact) mass is 289 g/mol. The van der Waals surface area contributed by atoms with E-state index < -0.39 is 0 Å². The van der Waals surface area contributed by atoms with Gasteiger partial charge in [0.1, 0.15) is 0 Å². The van der Waals surface area contributed by atoms with E-state index in [4.69, 9.17) is 9.63 Å². The van der Waals surface area contributed by atoms with Gasteiger partial charge in [0.25, 0.3) is 11.8 Å². The molecule has 0 aliphatic heterocycles. The number of nitrogens with zero attached hydrogens (tertiary/aromatic N) is 2. The molecule has 2 unspecified atom stereocenters. The van der Waals surface area contributed by atoms with Gasteiger partial charge >= 0.3 is 0 Å². The van der Waals surface area contributed by atoms with Crippen LogP contribution in [-0.2, 0) is 0 Å². The maximum Gasteiger partial charge on any atom is 0.257 e. The smallest absolute Gasteiger partial charge is 0.257 e. The number of amides is 1. The Morgan fingerprint density at radius 2 is 2.00 bits per heavy atom. The van der Waals surface area contributed by atoms with Crippen molar-refractivity contribution in [2.45, 2.75) is 26.8 Å². The van der Waals surface area contributed by atoms with E-state index in [1.54, 1.807) is 31.2 Å². The van der Waals surface area contributed by atoms with E-state index in [-0.39, 0.29) is 24.5 Å². The van der Waals surface area contributed by atoms with Crippen LogP contribution in [0.25, 0.3) is 11.5 Å². The molecular formula is C15H19N3O3. The third kappa shape index (κ3) is 3.66. The quantitative estimate of drug-likeness (QED) is 0.876. The van der Waals surface area contributed by atoms with Gasteiger partial charge in [-0.25, -0.2) is 0 Å². The lowest BCUT2D eigenvalue weighted by molar-refractivity contribution is 0.0916. The lowest BCUT2D eigenvalue weighted by Crippen LogP contribution is -2.38. The molecule has 0 fully saturated rings. The molecule has 6 heteroatoms. The first kappa shape index (κ1) is 15.2. The second-order valence-corrected chi connectivity index (χ2v) is 5.15. The van der Waals surface area contributed by atoms with Crippen molar-refractivity contribution >= 4 is 5.91 Å². The van der Waals surface area contributed by atoms with Gasteiger partial charge in [-0.1, -0.05) is 12.1 Å². The van der Waals surface area contributed by atoms with Gasteiger partial charge in [-0.3, -0.25) is 4.79 Å². The number of aliphatic hydroxyl groups is 1. The van der Waals surface area contributed by atoms with Crippen LogP contribution in [0.3, 0.4) is 0 Å². The molecule has 2 aromatic rings. The molecule has 0 spiro atoms. The minimum Gasteiger partial charge on any atom is -0.396 e. The Balaban J connectivity index is 2.06. The largest absolute Gasteiger partial charge is 0.396 e. The molecule has 0 saturated heterocycles. The Morgan fingerprint density at radius 1 is 1.33 bits per heavy atom. The first-order chi connectivity index (χ1) is 10.0. The number of aryl methyl sites for hydroxylation is 1. The summed E-state index contributed by atoms with van der Waals surface area (Å²) in [6.45, 7) is 5.54. The lowest BCUT2D eigenvalue weighted by Gasteiger charge is -2.19. The summed E-state index contributed by atoms with van der Waals surface area (Å²) in [5, 5.41) is 15.7. The Labute approximate surface area is 123 Å². The van der Waals surface area contributed by atoms with Gasteiger partial charge in [0.2, 0.25) is 0 Å². The fraction of sp³-hybridized carbons (Fsp3) is 0.400. The highest BCUT2D eigenvalue weighted by Crippen LogP contribution is 2.17. The topological polar surface area (TPSA) is 88.2 Å². The summed E-state index contributed by atoms with van der Waals surface area (Å²) in [6.07, 6.45) is 0. The average molecular weight is 289 g/mol. The number of hydrogen-bond donors (Lipinski definition) is 2. The van der Waals surface area contributed by atoms with Crippen LogP contribution in [0.1, 0.15) is 30.0 Å². The Morgan fingerprint density at radius 3 is 2.52 bits per heavy atom. The summed E-state index contributed by atoms with van der Waals surface area (Å²) in [5.41, 5.74) is 1.32. The zero-order valence-electron chi connectivity index (χ0n) is 12.3. The molecule has 6 nitrogen and oxygen atoms in total. The van der Waals surface area contributed by atoms with E-state index in [0.29, 0.717) is 17.3 Å². The van der Waals surface area contributed by atoms with Crippen molar-refractivity contribution in [3.05, 3.63) is 35.7 Å². The van der Waals surface area contributed by atoms with Gasteiger partial charge < -0.3 is 14.9 Å². The van der Waals surface area contributed by atoms with Gasteiger partial charge in [-0.15, -0.1) is 0 Å². The van der Waals surface area contributed by atoms with Gasteiger partial charge in [0.15, 0.2) is 5.82 Å². The zero-order chi connectivity index (χ0) is 15.4. The molecule has 2 N–H and O–H groups in total. The molecule has 0 radical (unpaired) electrons. The van der Waals surface area contributed by atoms with Crippen molar-refractivity contribution in [3.63, 3.8) is 0 Å². The fourth-order valence-electron chi connectivity index (χ4n) is 1.77. The Kier molecular flexibility index (Phi) is 4.70. The van der Waals surface area contributed by atoms with E-state index in [0.717, 1.165) is 5.56 Å². The van der Waals surface area contributed by atoms with E-state index in [2.05, 4.69) is 15.5 Å². The number of nitrogens with one attached hydrogen (secondary N) is 1. The first-order valence-electron chi connectivity index (χ1n) is 6.83. The van der Waals surface area contributed by atoms with Crippen molar-refractivity contribution in [2.24, 2.45) is 5.92 Å². The standard InChI is InChI=1S/C15H19N3O3/c1-9(8-19)10(2)16-14(20)12-4-6-13(7-5-12)15-17-11(3)18-21-15/h4-7,9-10,19H,8H2,1-3H3,(H,16,20). The fourth-order valence-corrected chi connectivity index (χ4v) is 1.77. The molecule has 1 heterocycles. The number of benzene rings is 1. The Hall–Kier alpha value is -2.21. The Bertz CT molecular complexity index is 607. The van der Waals surface area contributed by atoms with Gasteiger partial charge in [-0.2, -0.15) is 4.98 Å². The van der Waals surface area contributed by atoms with Crippen LogP contribution >= 0.6 is 0 Å². The number of rotatable bonds is 5. The number of hydrogen-bond acceptors (Lipinski definition) is 5. The highest BCUT2D eigenvalue weighted by atomic mass is 16.5. The summed E-state index contributed by atoms with van der Waals surface area (Å²) in [6, 6.07) is 6.85. The van der Waals surface area contributed by atoms with Crippen molar-refractivity contribution in [3.8, 4) is 11.5 Å². The van der Waals surface area contributed by atoms with E-state index in [1.807, 2.05) is 13.8 Å². The molecule has 21 heavy (non-hydrogen) atoms. The summed E-state index contributed by atoms with van der Waals surface area (Å²) in [5.74, 6) is 0.839. The lowest BCUT2D eigenvalue weighted by atomic mass is 10.0. The van der Waals surface area contributed by atoms with Gasteiger partial charge in [-0.05, 0) is 44.0 Å². The van der Waals surface area contributed by atoms with E-state index in [1.165, 1.54) is 0 Å². The van der Waals surface area contributed by atoms with Crippen molar-refractivity contribution in [2.75, 3.05) is 6.61 Å². The van der Waals surface area contributed by atoms with E-state index >= 15 is 0 Å². The molecule has 1 aromatic heterocycles. The highest BCUT2D eigenvalue weighted by molar-refractivity contribution is 5.94. The molecular weight excluding hydrogens is 270 g/mol. The predicted molar refractivity (Wildman–Crippen MR) is 77.6 cm³/mol. The molecule has 0 bridgehead atoms. The summed E-state index contributed by atoms with van der Waals surface area (Å²) < 4.78 is 5.07.